The van der Waals surface area contributed by atoms with Gasteiger partial charge in [0.2, 0.25) is 0 Å². The predicted octanol–water partition coefficient (Wildman–Crippen LogP) is 3.77. The molecule has 2 aromatic carbocycles. The first-order chi connectivity index (χ1) is 11.6. The molecule has 0 unspecified atom stereocenters. The minimum absolute atomic E-state index is 0.00896. The molecule has 0 saturated carbocycles. The summed E-state index contributed by atoms with van der Waals surface area (Å²) in [7, 11) is 0. The molecular weight excluding hydrogens is 308 g/mol. The van der Waals surface area contributed by atoms with Crippen LogP contribution in [0.2, 0.25) is 0 Å². The van der Waals surface area contributed by atoms with Crippen LogP contribution in [-0.4, -0.2) is 22.1 Å². The quantitative estimate of drug-likeness (QED) is 0.407. The Labute approximate surface area is 138 Å². The monoisotopic (exact) mass is 324 g/mol. The van der Waals surface area contributed by atoms with E-state index < -0.39 is 10.9 Å². The molecular formula is C18H16N2O4. The van der Waals surface area contributed by atoms with Gasteiger partial charge in [-0.1, -0.05) is 30.3 Å². The highest BCUT2D eigenvalue weighted by molar-refractivity contribution is 6.04. The van der Waals surface area contributed by atoms with Gasteiger partial charge in [-0.2, -0.15) is 0 Å². The van der Waals surface area contributed by atoms with Crippen LogP contribution in [-0.2, 0) is 11.3 Å². The highest BCUT2D eigenvalue weighted by Gasteiger charge is 2.18. The van der Waals surface area contributed by atoms with Gasteiger partial charge >= 0.3 is 5.97 Å². The molecule has 3 rings (SSSR count). The molecule has 122 valence electrons. The van der Waals surface area contributed by atoms with E-state index >= 15 is 0 Å². The Bertz CT molecular complexity index is 900. The lowest BCUT2D eigenvalue weighted by Crippen LogP contribution is -2.04. The second-order valence-electron chi connectivity index (χ2n) is 5.34. The maximum absolute atomic E-state index is 12.2. The molecule has 3 aromatic rings. The average molecular weight is 324 g/mol. The molecule has 1 heterocycles. The van der Waals surface area contributed by atoms with E-state index in [1.54, 1.807) is 19.2 Å². The lowest BCUT2D eigenvalue weighted by atomic mass is 10.1. The number of non-ortho nitro benzene ring substituents is 1. The molecule has 0 aliphatic heterocycles. The summed E-state index contributed by atoms with van der Waals surface area (Å²) in [6, 6.07) is 14.2. The highest BCUT2D eigenvalue weighted by Crippen LogP contribution is 2.27. The molecule has 0 aliphatic rings. The largest absolute Gasteiger partial charge is 0.462 e. The van der Waals surface area contributed by atoms with E-state index in [0.29, 0.717) is 23.0 Å². The van der Waals surface area contributed by atoms with Gasteiger partial charge in [-0.15, -0.1) is 0 Å². The number of nitro groups is 1. The number of ether oxygens (including phenoxy) is 1. The number of nitro benzene ring substituents is 1. The summed E-state index contributed by atoms with van der Waals surface area (Å²) in [6.45, 7) is 2.53. The van der Waals surface area contributed by atoms with Crippen LogP contribution in [0.15, 0.2) is 54.7 Å². The number of hydrogen-bond acceptors (Lipinski definition) is 4. The Hall–Kier alpha value is -3.15. The normalized spacial score (nSPS) is 10.7. The number of hydrogen-bond donors (Lipinski definition) is 0. The van der Waals surface area contributed by atoms with Crippen molar-refractivity contribution in [3.8, 4) is 0 Å². The molecule has 6 nitrogen and oxygen atoms in total. The molecule has 1 aromatic heterocycles. The topological polar surface area (TPSA) is 74.4 Å². The Morgan fingerprint density at radius 1 is 1.21 bits per heavy atom. The van der Waals surface area contributed by atoms with E-state index in [4.69, 9.17) is 4.74 Å². The molecule has 0 N–H and O–H groups in total. The van der Waals surface area contributed by atoms with Gasteiger partial charge in [-0.25, -0.2) is 4.79 Å². The third kappa shape index (κ3) is 2.99. The molecule has 0 aliphatic carbocycles. The van der Waals surface area contributed by atoms with E-state index in [9.17, 15) is 14.9 Å². The maximum Gasteiger partial charge on any atom is 0.340 e. The van der Waals surface area contributed by atoms with Gasteiger partial charge in [0.25, 0.3) is 5.69 Å². The van der Waals surface area contributed by atoms with Crippen molar-refractivity contribution in [3.05, 3.63) is 76.0 Å². The number of aromatic nitrogens is 1. The van der Waals surface area contributed by atoms with E-state index in [0.717, 1.165) is 5.56 Å². The van der Waals surface area contributed by atoms with Gasteiger partial charge in [0.05, 0.1) is 22.6 Å². The van der Waals surface area contributed by atoms with Crippen molar-refractivity contribution in [2.24, 2.45) is 0 Å². The number of benzene rings is 2. The average Bonchev–Trinajstić information content (AvgIpc) is 2.94. The van der Waals surface area contributed by atoms with E-state index in [-0.39, 0.29) is 12.3 Å². The van der Waals surface area contributed by atoms with Crippen LogP contribution in [0.4, 0.5) is 5.69 Å². The first kappa shape index (κ1) is 15.7. The number of rotatable bonds is 5. The van der Waals surface area contributed by atoms with Crippen LogP contribution in [0.5, 0.6) is 0 Å². The Morgan fingerprint density at radius 3 is 2.62 bits per heavy atom. The molecule has 0 spiro atoms. The fraction of sp³-hybridized carbons (Fsp3) is 0.167. The van der Waals surface area contributed by atoms with Crippen LogP contribution < -0.4 is 0 Å². The molecule has 0 saturated heterocycles. The minimum Gasteiger partial charge on any atom is -0.462 e. The van der Waals surface area contributed by atoms with Crippen molar-refractivity contribution < 1.29 is 14.5 Å². The number of esters is 1. The van der Waals surface area contributed by atoms with E-state index in [2.05, 4.69) is 0 Å². The number of fused-ring (bicyclic) bond motifs is 1. The first-order valence-corrected chi connectivity index (χ1v) is 7.58. The molecule has 0 fully saturated rings. The number of nitrogens with zero attached hydrogens (tertiary/aromatic N) is 2. The predicted molar refractivity (Wildman–Crippen MR) is 90.1 cm³/mol. The van der Waals surface area contributed by atoms with Crippen LogP contribution in [0.3, 0.4) is 0 Å². The van der Waals surface area contributed by atoms with Crippen LogP contribution >= 0.6 is 0 Å². The standard InChI is InChI=1S/C18H16N2O4/c1-2-24-18(21)16-12-19(11-13-6-4-3-5-7-13)17-10-14(20(22)23)8-9-15(16)17/h3-10,12H,2,11H2,1H3. The summed E-state index contributed by atoms with van der Waals surface area (Å²) in [4.78, 5) is 22.8. The van der Waals surface area contributed by atoms with Crippen molar-refractivity contribution in [2.75, 3.05) is 6.61 Å². The summed E-state index contributed by atoms with van der Waals surface area (Å²) in [6.07, 6.45) is 1.69. The van der Waals surface area contributed by atoms with Gasteiger partial charge in [0.1, 0.15) is 0 Å². The fourth-order valence-corrected chi connectivity index (χ4v) is 2.68. The maximum atomic E-state index is 12.2. The van der Waals surface area contributed by atoms with Gasteiger partial charge in [-0.05, 0) is 18.6 Å². The number of carbonyl (C=O) groups is 1. The Kier molecular flexibility index (Phi) is 4.29. The summed E-state index contributed by atoms with van der Waals surface area (Å²) in [5, 5.41) is 11.7. The van der Waals surface area contributed by atoms with Crippen molar-refractivity contribution in [2.45, 2.75) is 13.5 Å². The summed E-state index contributed by atoms with van der Waals surface area (Å²) in [5.74, 6) is -0.428. The van der Waals surface area contributed by atoms with E-state index in [1.807, 2.05) is 34.9 Å². The third-order valence-corrected chi connectivity index (χ3v) is 3.77. The Morgan fingerprint density at radius 2 is 1.96 bits per heavy atom. The summed E-state index contributed by atoms with van der Waals surface area (Å²) in [5.41, 5.74) is 2.08. The molecule has 0 bridgehead atoms. The van der Waals surface area contributed by atoms with Gasteiger partial charge in [0, 0.05) is 30.3 Å². The third-order valence-electron chi connectivity index (χ3n) is 3.77. The van der Waals surface area contributed by atoms with E-state index in [1.165, 1.54) is 12.1 Å². The lowest BCUT2D eigenvalue weighted by molar-refractivity contribution is -0.384. The Balaban J connectivity index is 2.13. The second kappa shape index (κ2) is 6.54. The molecule has 6 heteroatoms. The second-order valence-corrected chi connectivity index (χ2v) is 5.34. The van der Waals surface area contributed by atoms with Gasteiger partial charge < -0.3 is 9.30 Å². The van der Waals surface area contributed by atoms with Crippen LogP contribution in [0, 0.1) is 10.1 Å². The molecule has 0 radical (unpaired) electrons. The summed E-state index contributed by atoms with van der Waals surface area (Å²) < 4.78 is 6.93. The minimum atomic E-state index is -0.441. The molecule has 0 atom stereocenters. The van der Waals surface area contributed by atoms with Gasteiger partial charge in [0.15, 0.2) is 0 Å². The van der Waals surface area contributed by atoms with Gasteiger partial charge in [-0.3, -0.25) is 10.1 Å². The van der Waals surface area contributed by atoms with Crippen molar-refractivity contribution >= 4 is 22.6 Å². The lowest BCUT2D eigenvalue weighted by Gasteiger charge is -2.05. The van der Waals surface area contributed by atoms with Crippen LogP contribution in [0.25, 0.3) is 10.9 Å². The van der Waals surface area contributed by atoms with Crippen molar-refractivity contribution in [3.63, 3.8) is 0 Å². The van der Waals surface area contributed by atoms with Crippen LogP contribution in [0.1, 0.15) is 22.8 Å². The zero-order valence-corrected chi connectivity index (χ0v) is 13.1. The zero-order chi connectivity index (χ0) is 17.1. The first-order valence-electron chi connectivity index (χ1n) is 7.58. The number of carbonyl (C=O) groups excluding carboxylic acids is 1. The molecule has 0 amide bonds. The van der Waals surface area contributed by atoms with Crippen molar-refractivity contribution in [1.29, 1.82) is 0 Å². The zero-order valence-electron chi connectivity index (χ0n) is 13.1. The van der Waals surface area contributed by atoms with Crippen molar-refractivity contribution in [1.82, 2.24) is 4.57 Å². The SMILES string of the molecule is CCOC(=O)c1cn(Cc2ccccc2)c2cc([N+](=O)[O-])ccc12. The fourth-order valence-electron chi connectivity index (χ4n) is 2.68. The smallest absolute Gasteiger partial charge is 0.340 e. The summed E-state index contributed by atoms with van der Waals surface area (Å²) >= 11 is 0. The molecule has 24 heavy (non-hydrogen) atoms. The highest BCUT2D eigenvalue weighted by atomic mass is 16.6.